The number of aryl methyl sites for hydroxylation is 1. The number of para-hydroxylation sites is 1. The number of sulfonamides is 1. The van der Waals surface area contributed by atoms with E-state index >= 15 is 0 Å². The number of nitrogens with zero attached hydrogens (tertiary/aromatic N) is 2. The predicted molar refractivity (Wildman–Crippen MR) is 95.5 cm³/mol. The number of hydrogen-bond acceptors (Lipinski definition) is 4. The van der Waals surface area contributed by atoms with E-state index in [2.05, 4.69) is 4.72 Å². The molecular formula is C18H18FN3O3S. The van der Waals surface area contributed by atoms with Gasteiger partial charge < -0.3 is 4.90 Å². The molecule has 136 valence electrons. The van der Waals surface area contributed by atoms with Crippen LogP contribution in [0.3, 0.4) is 0 Å². The van der Waals surface area contributed by atoms with Crippen molar-refractivity contribution in [1.29, 1.82) is 5.26 Å². The first-order chi connectivity index (χ1) is 12.3. The number of nitrogens with one attached hydrogen (secondary N) is 1. The molecule has 0 saturated heterocycles. The summed E-state index contributed by atoms with van der Waals surface area (Å²) >= 11 is 0. The zero-order valence-electron chi connectivity index (χ0n) is 14.4. The number of hydrogen-bond donors (Lipinski definition) is 1. The van der Waals surface area contributed by atoms with Crippen LogP contribution in [0.4, 0.5) is 10.1 Å². The number of amides is 1. The molecule has 2 aromatic rings. The van der Waals surface area contributed by atoms with E-state index in [1.165, 1.54) is 30.9 Å². The van der Waals surface area contributed by atoms with Gasteiger partial charge in [0.2, 0.25) is 15.9 Å². The fraction of sp³-hybridized carbons (Fsp3) is 0.222. The molecule has 0 unspecified atom stereocenters. The van der Waals surface area contributed by atoms with E-state index in [1.807, 2.05) is 6.07 Å². The van der Waals surface area contributed by atoms with Gasteiger partial charge >= 0.3 is 0 Å². The maximum Gasteiger partial charge on any atom is 0.240 e. The summed E-state index contributed by atoms with van der Waals surface area (Å²) in [6.45, 7) is 2.81. The van der Waals surface area contributed by atoms with Gasteiger partial charge in [0.1, 0.15) is 11.9 Å². The van der Waals surface area contributed by atoms with Crippen molar-refractivity contribution in [2.45, 2.75) is 18.7 Å². The Bertz CT molecular complexity index is 968. The number of nitriles is 1. The Morgan fingerprint density at radius 1 is 1.27 bits per heavy atom. The Hall–Kier alpha value is -2.76. The minimum Gasteiger partial charge on any atom is -0.310 e. The van der Waals surface area contributed by atoms with Crippen LogP contribution >= 0.6 is 0 Å². The predicted octanol–water partition coefficient (Wildman–Crippen LogP) is 2.34. The highest BCUT2D eigenvalue weighted by atomic mass is 32.2. The van der Waals surface area contributed by atoms with Crippen molar-refractivity contribution in [1.82, 2.24) is 4.72 Å². The van der Waals surface area contributed by atoms with E-state index in [4.69, 9.17) is 0 Å². The van der Waals surface area contributed by atoms with Crippen molar-refractivity contribution in [3.05, 3.63) is 59.4 Å². The summed E-state index contributed by atoms with van der Waals surface area (Å²) in [7, 11) is -3.84. The third-order valence-electron chi connectivity index (χ3n) is 3.76. The van der Waals surface area contributed by atoms with Gasteiger partial charge in [0.25, 0.3) is 0 Å². The third-order valence-corrected chi connectivity index (χ3v) is 5.22. The molecular weight excluding hydrogens is 357 g/mol. The van der Waals surface area contributed by atoms with Gasteiger partial charge in [-0.25, -0.2) is 17.5 Å². The summed E-state index contributed by atoms with van der Waals surface area (Å²) in [6, 6.07) is 12.1. The quantitative estimate of drug-likeness (QED) is 0.839. The van der Waals surface area contributed by atoms with Gasteiger partial charge in [-0.1, -0.05) is 12.1 Å². The van der Waals surface area contributed by atoms with Crippen LogP contribution in [-0.4, -0.2) is 27.4 Å². The van der Waals surface area contributed by atoms with Crippen molar-refractivity contribution in [2.75, 3.05) is 18.0 Å². The summed E-state index contributed by atoms with van der Waals surface area (Å²) in [6.07, 6.45) is 0. The molecule has 26 heavy (non-hydrogen) atoms. The first-order valence-electron chi connectivity index (χ1n) is 7.79. The molecule has 1 amide bonds. The number of carbonyl (C=O) groups excluding carboxylic acids is 1. The summed E-state index contributed by atoms with van der Waals surface area (Å²) in [4.78, 5) is 13.2. The van der Waals surface area contributed by atoms with Gasteiger partial charge in [0.15, 0.2) is 0 Å². The van der Waals surface area contributed by atoms with E-state index in [9.17, 15) is 22.9 Å². The fourth-order valence-corrected chi connectivity index (χ4v) is 3.52. The first kappa shape index (κ1) is 19.6. The molecule has 2 rings (SSSR count). The number of anilines is 1. The second-order valence-electron chi connectivity index (χ2n) is 5.61. The van der Waals surface area contributed by atoms with Crippen LogP contribution in [0.15, 0.2) is 47.4 Å². The van der Waals surface area contributed by atoms with E-state index in [0.717, 1.165) is 6.07 Å². The smallest absolute Gasteiger partial charge is 0.240 e. The molecule has 0 aliphatic carbocycles. The van der Waals surface area contributed by atoms with Gasteiger partial charge in [-0.2, -0.15) is 5.26 Å². The monoisotopic (exact) mass is 375 g/mol. The standard InChI is InChI=1S/C18H18FN3O3S/c1-13-11-16(7-8-17(13)19)26(24,25)21-9-10-22(14(2)23)18-6-4-3-5-15(18)12-20/h3-8,11,21H,9-10H2,1-2H3. The highest BCUT2D eigenvalue weighted by Crippen LogP contribution is 2.19. The van der Waals surface area contributed by atoms with Gasteiger partial charge in [-0.3, -0.25) is 4.79 Å². The molecule has 0 atom stereocenters. The van der Waals surface area contributed by atoms with Crippen LogP contribution in [0.1, 0.15) is 18.1 Å². The minimum absolute atomic E-state index is 0.0490. The van der Waals surface area contributed by atoms with Crippen LogP contribution < -0.4 is 9.62 Å². The largest absolute Gasteiger partial charge is 0.310 e. The number of rotatable bonds is 6. The highest BCUT2D eigenvalue weighted by Gasteiger charge is 2.18. The van der Waals surface area contributed by atoms with Crippen molar-refractivity contribution < 1.29 is 17.6 Å². The molecule has 0 spiro atoms. The summed E-state index contributed by atoms with van der Waals surface area (Å²) in [5, 5.41) is 9.17. The van der Waals surface area contributed by atoms with Gasteiger partial charge in [-0.15, -0.1) is 0 Å². The number of benzene rings is 2. The zero-order valence-corrected chi connectivity index (χ0v) is 15.2. The van der Waals surface area contributed by atoms with Crippen molar-refractivity contribution in [3.8, 4) is 6.07 Å². The Kier molecular flexibility index (Phi) is 6.08. The second-order valence-corrected chi connectivity index (χ2v) is 7.38. The number of halogens is 1. The molecule has 6 nitrogen and oxygen atoms in total. The Morgan fingerprint density at radius 3 is 2.58 bits per heavy atom. The van der Waals surface area contributed by atoms with Crippen LogP contribution in [0.5, 0.6) is 0 Å². The molecule has 0 aliphatic rings. The molecule has 0 fully saturated rings. The Balaban J connectivity index is 2.14. The maximum absolute atomic E-state index is 13.3. The van der Waals surface area contributed by atoms with Crippen LogP contribution in [0.2, 0.25) is 0 Å². The Labute approximate surface area is 151 Å². The van der Waals surface area contributed by atoms with Crippen LogP contribution in [-0.2, 0) is 14.8 Å². The van der Waals surface area contributed by atoms with Crippen molar-refractivity contribution in [2.24, 2.45) is 0 Å². The lowest BCUT2D eigenvalue weighted by Gasteiger charge is -2.22. The van der Waals surface area contributed by atoms with E-state index in [1.54, 1.807) is 24.3 Å². The molecule has 0 aliphatic heterocycles. The average molecular weight is 375 g/mol. The molecule has 0 radical (unpaired) electrons. The number of carbonyl (C=O) groups is 1. The second kappa shape index (κ2) is 8.08. The van der Waals surface area contributed by atoms with E-state index in [-0.39, 0.29) is 29.5 Å². The lowest BCUT2D eigenvalue weighted by molar-refractivity contribution is -0.116. The molecule has 0 bridgehead atoms. The first-order valence-corrected chi connectivity index (χ1v) is 9.27. The lowest BCUT2D eigenvalue weighted by atomic mass is 10.1. The van der Waals surface area contributed by atoms with E-state index < -0.39 is 15.8 Å². The summed E-state index contributed by atoms with van der Waals surface area (Å²) < 4.78 is 40.3. The van der Waals surface area contributed by atoms with Crippen LogP contribution in [0.25, 0.3) is 0 Å². The van der Waals surface area contributed by atoms with Crippen LogP contribution in [0, 0.1) is 24.1 Å². The molecule has 0 aromatic heterocycles. The minimum atomic E-state index is -3.84. The normalized spacial score (nSPS) is 11.0. The third kappa shape index (κ3) is 4.45. The summed E-state index contributed by atoms with van der Waals surface area (Å²) in [5.41, 5.74) is 0.959. The van der Waals surface area contributed by atoms with Gasteiger partial charge in [0, 0.05) is 20.0 Å². The molecule has 2 aromatic carbocycles. The molecule has 0 saturated carbocycles. The fourth-order valence-electron chi connectivity index (χ4n) is 2.41. The maximum atomic E-state index is 13.3. The topological polar surface area (TPSA) is 90.3 Å². The average Bonchev–Trinajstić information content (AvgIpc) is 2.60. The van der Waals surface area contributed by atoms with Gasteiger partial charge in [0.05, 0.1) is 16.1 Å². The van der Waals surface area contributed by atoms with Gasteiger partial charge in [-0.05, 0) is 42.8 Å². The lowest BCUT2D eigenvalue weighted by Crippen LogP contribution is -2.38. The molecule has 0 heterocycles. The molecule has 1 N–H and O–H groups in total. The summed E-state index contributed by atoms with van der Waals surface area (Å²) in [5.74, 6) is -0.802. The Morgan fingerprint density at radius 2 is 1.96 bits per heavy atom. The SMILES string of the molecule is CC(=O)N(CCNS(=O)(=O)c1ccc(F)c(C)c1)c1ccccc1C#N. The van der Waals surface area contributed by atoms with E-state index in [0.29, 0.717) is 11.3 Å². The van der Waals surface area contributed by atoms with Crippen molar-refractivity contribution >= 4 is 21.6 Å². The zero-order chi connectivity index (χ0) is 19.3. The molecule has 8 heteroatoms. The highest BCUT2D eigenvalue weighted by molar-refractivity contribution is 7.89. The van der Waals surface area contributed by atoms with Crippen molar-refractivity contribution in [3.63, 3.8) is 0 Å².